The van der Waals surface area contributed by atoms with Crippen molar-refractivity contribution >= 4 is 11.3 Å². The largest absolute Gasteiger partial charge is 0.394 e. The number of piperidine rings is 1. The summed E-state index contributed by atoms with van der Waals surface area (Å²) in [6.45, 7) is 3.04. The fourth-order valence-electron chi connectivity index (χ4n) is 4.31. The first-order valence-corrected chi connectivity index (χ1v) is 11.9. The first-order chi connectivity index (χ1) is 15.6. The molecule has 170 valence electrons. The zero-order chi connectivity index (χ0) is 22.3. The van der Waals surface area contributed by atoms with E-state index in [2.05, 4.69) is 32.1 Å². The lowest BCUT2D eigenvalue weighted by molar-refractivity contribution is 0.202. The Morgan fingerprint density at radius 2 is 1.91 bits per heavy atom. The molecule has 0 saturated carbocycles. The van der Waals surface area contributed by atoms with Crippen molar-refractivity contribution in [3.63, 3.8) is 0 Å². The van der Waals surface area contributed by atoms with Crippen LogP contribution in [0.4, 0.5) is 0 Å². The van der Waals surface area contributed by atoms with Gasteiger partial charge in [0, 0.05) is 13.1 Å². The maximum absolute atomic E-state index is 10.8. The third-order valence-electron chi connectivity index (χ3n) is 6.03. The first kappa shape index (κ1) is 22.8. The number of rotatable bonds is 9. The fraction of sp³-hybridized carbons (Fsp3) is 0.391. The molecule has 32 heavy (non-hydrogen) atoms. The van der Waals surface area contributed by atoms with E-state index in [-0.39, 0.29) is 12.6 Å². The van der Waals surface area contributed by atoms with Crippen LogP contribution in [0.5, 0.6) is 0 Å². The molecule has 1 saturated heterocycles. The molecule has 0 spiro atoms. The molecular weight excluding hydrogens is 426 g/mol. The molecule has 1 aromatic heterocycles. The molecule has 2 atom stereocenters. The van der Waals surface area contributed by atoms with Crippen molar-refractivity contribution in [1.29, 1.82) is 0 Å². The van der Waals surface area contributed by atoms with E-state index in [9.17, 15) is 9.32 Å². The topological polar surface area (TPSA) is 104 Å². The highest BCUT2D eigenvalue weighted by Gasteiger charge is 2.22. The molecule has 0 bridgehead atoms. The van der Waals surface area contributed by atoms with Gasteiger partial charge in [-0.25, -0.2) is 13.6 Å². The summed E-state index contributed by atoms with van der Waals surface area (Å²) in [6, 6.07) is 17.9. The van der Waals surface area contributed by atoms with Gasteiger partial charge in [-0.05, 0) is 48.5 Å². The quantitative estimate of drug-likeness (QED) is 0.428. The Labute approximate surface area is 190 Å². The summed E-state index contributed by atoms with van der Waals surface area (Å²) in [7, 11) is 0. The maximum Gasteiger partial charge on any atom is 0.232 e. The van der Waals surface area contributed by atoms with Gasteiger partial charge in [-0.2, -0.15) is 0 Å². The minimum atomic E-state index is -2.00. The Morgan fingerprint density at radius 1 is 1.12 bits per heavy atom. The molecule has 9 heteroatoms. The van der Waals surface area contributed by atoms with Crippen LogP contribution in [0.3, 0.4) is 0 Å². The standard InChI is InChI=1S/C23H29N5O3S/c29-17-23(20-6-2-1-3-7-20)28-16-22(25-26-28)15-27-11-9-19(10-12-27)21-8-4-5-18(13-21)14-24-32(30)31/h1-8,13,16,19,23-24,29H,9-12,14-15,17H2,(H,30,31). The number of aliphatic hydroxyl groups excluding tert-OH is 1. The molecule has 2 aromatic carbocycles. The van der Waals surface area contributed by atoms with Crippen molar-refractivity contribution in [2.45, 2.75) is 37.9 Å². The van der Waals surface area contributed by atoms with E-state index in [1.807, 2.05) is 48.7 Å². The number of nitrogens with one attached hydrogen (secondary N) is 1. The average molecular weight is 456 g/mol. The number of nitrogens with zero attached hydrogens (tertiary/aromatic N) is 4. The predicted octanol–water partition coefficient (Wildman–Crippen LogP) is 2.47. The monoisotopic (exact) mass is 455 g/mol. The lowest BCUT2D eigenvalue weighted by atomic mass is 9.88. The number of benzene rings is 2. The molecule has 4 rings (SSSR count). The van der Waals surface area contributed by atoms with E-state index < -0.39 is 11.3 Å². The van der Waals surface area contributed by atoms with Gasteiger partial charge in [-0.1, -0.05) is 59.8 Å². The molecule has 0 radical (unpaired) electrons. The van der Waals surface area contributed by atoms with Crippen LogP contribution < -0.4 is 4.72 Å². The maximum atomic E-state index is 10.8. The van der Waals surface area contributed by atoms with Crippen LogP contribution in [0.2, 0.25) is 0 Å². The Hall–Kier alpha value is -2.43. The van der Waals surface area contributed by atoms with Crippen LogP contribution in [0.15, 0.2) is 60.8 Å². The SMILES string of the molecule is O=S(O)NCc1cccc(C2CCN(Cc3cn(C(CO)c4ccccc4)nn3)CC2)c1. The Bertz CT molecular complexity index is 1020. The number of aliphatic hydroxyl groups is 1. The normalized spacial score (nSPS) is 17.3. The van der Waals surface area contributed by atoms with Crippen molar-refractivity contribution in [1.82, 2.24) is 24.6 Å². The summed E-state index contributed by atoms with van der Waals surface area (Å²) in [6.07, 6.45) is 4.04. The molecule has 0 amide bonds. The highest BCUT2D eigenvalue weighted by Crippen LogP contribution is 2.29. The van der Waals surface area contributed by atoms with Crippen molar-refractivity contribution in [3.8, 4) is 0 Å². The minimum Gasteiger partial charge on any atom is -0.394 e. The van der Waals surface area contributed by atoms with Gasteiger partial charge in [-0.15, -0.1) is 5.10 Å². The number of hydrogen-bond acceptors (Lipinski definition) is 5. The van der Waals surface area contributed by atoms with Crippen LogP contribution in [-0.2, 0) is 24.4 Å². The molecule has 3 N–H and O–H groups in total. The van der Waals surface area contributed by atoms with Crippen molar-refractivity contribution in [2.24, 2.45) is 0 Å². The highest BCUT2D eigenvalue weighted by atomic mass is 32.2. The van der Waals surface area contributed by atoms with E-state index in [0.29, 0.717) is 12.5 Å². The van der Waals surface area contributed by atoms with Gasteiger partial charge in [-0.3, -0.25) is 9.45 Å². The second-order valence-corrected chi connectivity index (χ2v) is 8.95. The van der Waals surface area contributed by atoms with Gasteiger partial charge in [0.05, 0.1) is 18.5 Å². The third-order valence-corrected chi connectivity index (χ3v) is 6.42. The predicted molar refractivity (Wildman–Crippen MR) is 123 cm³/mol. The molecule has 2 heterocycles. The van der Waals surface area contributed by atoms with Crippen LogP contribution >= 0.6 is 0 Å². The lowest BCUT2D eigenvalue weighted by Gasteiger charge is -2.31. The molecule has 3 aromatic rings. The summed E-state index contributed by atoms with van der Waals surface area (Å²) in [5.74, 6) is 0.485. The molecule has 1 aliphatic heterocycles. The second-order valence-electron chi connectivity index (χ2n) is 8.16. The summed E-state index contributed by atoms with van der Waals surface area (Å²) in [4.78, 5) is 2.39. The number of likely N-dealkylation sites (tertiary alicyclic amines) is 1. The summed E-state index contributed by atoms with van der Waals surface area (Å²) in [5.41, 5.74) is 4.21. The smallest absolute Gasteiger partial charge is 0.232 e. The Balaban J connectivity index is 1.32. The van der Waals surface area contributed by atoms with Crippen molar-refractivity contribution in [2.75, 3.05) is 19.7 Å². The first-order valence-electron chi connectivity index (χ1n) is 10.8. The van der Waals surface area contributed by atoms with Gasteiger partial charge in [0.1, 0.15) is 6.04 Å². The van der Waals surface area contributed by atoms with E-state index in [0.717, 1.165) is 49.3 Å². The van der Waals surface area contributed by atoms with E-state index in [4.69, 9.17) is 4.55 Å². The number of hydrogen-bond donors (Lipinski definition) is 3. The van der Waals surface area contributed by atoms with E-state index in [1.54, 1.807) is 4.68 Å². The second kappa shape index (κ2) is 10.9. The van der Waals surface area contributed by atoms with Crippen LogP contribution in [0.25, 0.3) is 0 Å². The van der Waals surface area contributed by atoms with Crippen LogP contribution in [0, 0.1) is 0 Å². The highest BCUT2D eigenvalue weighted by molar-refractivity contribution is 7.77. The van der Waals surface area contributed by atoms with Gasteiger partial charge >= 0.3 is 0 Å². The summed E-state index contributed by atoms with van der Waals surface area (Å²) < 4.78 is 24.0. The number of aromatic nitrogens is 3. The molecular formula is C23H29N5O3S. The van der Waals surface area contributed by atoms with Crippen LogP contribution in [0.1, 0.15) is 47.2 Å². The average Bonchev–Trinajstić information content (AvgIpc) is 3.27. The zero-order valence-corrected chi connectivity index (χ0v) is 18.7. The molecule has 2 unspecified atom stereocenters. The Morgan fingerprint density at radius 3 is 2.62 bits per heavy atom. The van der Waals surface area contributed by atoms with Gasteiger partial charge in [0.15, 0.2) is 0 Å². The van der Waals surface area contributed by atoms with Crippen LogP contribution in [-0.4, -0.2) is 53.5 Å². The van der Waals surface area contributed by atoms with Gasteiger partial charge in [0.2, 0.25) is 11.3 Å². The van der Waals surface area contributed by atoms with Gasteiger partial charge in [0.25, 0.3) is 0 Å². The van der Waals surface area contributed by atoms with E-state index in [1.165, 1.54) is 5.56 Å². The fourth-order valence-corrected chi connectivity index (χ4v) is 4.60. The summed E-state index contributed by atoms with van der Waals surface area (Å²) in [5, 5.41) is 18.5. The van der Waals surface area contributed by atoms with Gasteiger partial charge < -0.3 is 5.11 Å². The van der Waals surface area contributed by atoms with E-state index >= 15 is 0 Å². The minimum absolute atomic E-state index is 0.0268. The lowest BCUT2D eigenvalue weighted by Crippen LogP contribution is -2.32. The zero-order valence-electron chi connectivity index (χ0n) is 17.9. The van der Waals surface area contributed by atoms with Crippen molar-refractivity contribution < 1.29 is 13.9 Å². The Kier molecular flexibility index (Phi) is 7.77. The van der Waals surface area contributed by atoms with Crippen molar-refractivity contribution in [3.05, 3.63) is 83.2 Å². The molecule has 0 aliphatic carbocycles. The molecule has 1 fully saturated rings. The molecule has 8 nitrogen and oxygen atoms in total. The molecule has 1 aliphatic rings. The third kappa shape index (κ3) is 5.87. The summed E-state index contributed by atoms with van der Waals surface area (Å²) >= 11 is -2.00.